The lowest BCUT2D eigenvalue weighted by atomic mass is 10.0. The lowest BCUT2D eigenvalue weighted by Gasteiger charge is -2.15. The van der Waals surface area contributed by atoms with Crippen LogP contribution < -0.4 is 5.32 Å². The Hall–Kier alpha value is -1.13. The fraction of sp³-hybridized carbons (Fsp3) is 0.533. The maximum atomic E-state index is 4.41. The molecular formula is C15H23N3S. The zero-order valence-electron chi connectivity index (χ0n) is 12.0. The van der Waals surface area contributed by atoms with Crippen LogP contribution in [0.25, 0.3) is 0 Å². The minimum absolute atomic E-state index is 0.537. The van der Waals surface area contributed by atoms with Gasteiger partial charge in [-0.2, -0.15) is 5.10 Å². The van der Waals surface area contributed by atoms with E-state index in [0.29, 0.717) is 6.04 Å². The molecule has 19 heavy (non-hydrogen) atoms. The Morgan fingerprint density at radius 1 is 1.47 bits per heavy atom. The van der Waals surface area contributed by atoms with E-state index >= 15 is 0 Å². The van der Waals surface area contributed by atoms with E-state index in [1.54, 1.807) is 0 Å². The van der Waals surface area contributed by atoms with E-state index in [4.69, 9.17) is 0 Å². The van der Waals surface area contributed by atoms with Gasteiger partial charge in [-0.15, -0.1) is 11.3 Å². The number of likely N-dealkylation sites (N-methyl/N-ethyl adjacent to an activating group) is 1. The van der Waals surface area contributed by atoms with Crippen molar-refractivity contribution in [1.29, 1.82) is 0 Å². The molecule has 0 saturated carbocycles. The Balaban J connectivity index is 1.81. The van der Waals surface area contributed by atoms with E-state index < -0.39 is 0 Å². The molecule has 0 bridgehead atoms. The molecule has 3 nitrogen and oxygen atoms in total. The minimum Gasteiger partial charge on any atom is -0.317 e. The Bertz CT molecular complexity index is 487. The molecule has 0 amide bonds. The number of hydrogen-bond acceptors (Lipinski definition) is 3. The van der Waals surface area contributed by atoms with Crippen LogP contribution in [-0.2, 0) is 19.9 Å². The van der Waals surface area contributed by atoms with Gasteiger partial charge in [-0.25, -0.2) is 0 Å². The van der Waals surface area contributed by atoms with Gasteiger partial charge >= 0.3 is 0 Å². The summed E-state index contributed by atoms with van der Waals surface area (Å²) >= 11 is 1.86. The van der Waals surface area contributed by atoms with Crippen LogP contribution in [0.5, 0.6) is 0 Å². The molecule has 0 aliphatic rings. The van der Waals surface area contributed by atoms with Crippen molar-refractivity contribution in [2.75, 3.05) is 7.05 Å². The summed E-state index contributed by atoms with van der Waals surface area (Å²) in [7, 11) is 4.08. The van der Waals surface area contributed by atoms with Crippen molar-refractivity contribution in [1.82, 2.24) is 15.1 Å². The summed E-state index contributed by atoms with van der Waals surface area (Å²) in [4.78, 5) is 1.49. The highest BCUT2D eigenvalue weighted by Crippen LogP contribution is 2.14. The van der Waals surface area contributed by atoms with Crippen LogP contribution in [0.2, 0.25) is 0 Å². The van der Waals surface area contributed by atoms with Crippen LogP contribution in [0, 0.1) is 6.92 Å². The lowest BCUT2D eigenvalue weighted by molar-refractivity contribution is 0.488. The lowest BCUT2D eigenvalue weighted by Crippen LogP contribution is -2.28. The third-order valence-electron chi connectivity index (χ3n) is 3.52. The summed E-state index contributed by atoms with van der Waals surface area (Å²) in [5, 5.41) is 10.00. The molecule has 2 heterocycles. The van der Waals surface area contributed by atoms with E-state index in [1.165, 1.54) is 29.8 Å². The number of thiophene rings is 1. The SMILES string of the molecule is CNC(CCCc1cccs1)Cc1cc(C)nn1C. The van der Waals surface area contributed by atoms with Gasteiger partial charge in [0.1, 0.15) is 0 Å². The molecular weight excluding hydrogens is 254 g/mol. The van der Waals surface area contributed by atoms with Crippen LogP contribution in [0.15, 0.2) is 23.6 Å². The smallest absolute Gasteiger partial charge is 0.0596 e. The van der Waals surface area contributed by atoms with E-state index in [0.717, 1.165) is 12.1 Å². The first kappa shape index (κ1) is 14.3. The van der Waals surface area contributed by atoms with Crippen LogP contribution in [0.3, 0.4) is 0 Å². The summed E-state index contributed by atoms with van der Waals surface area (Å²) < 4.78 is 2.00. The Morgan fingerprint density at radius 3 is 2.89 bits per heavy atom. The van der Waals surface area contributed by atoms with Gasteiger partial charge in [-0.05, 0) is 50.7 Å². The van der Waals surface area contributed by atoms with Crippen molar-refractivity contribution >= 4 is 11.3 Å². The van der Waals surface area contributed by atoms with Gasteiger partial charge in [0.2, 0.25) is 0 Å². The molecule has 0 saturated heterocycles. The summed E-state index contributed by atoms with van der Waals surface area (Å²) in [5.41, 5.74) is 2.42. The average Bonchev–Trinajstić information content (AvgIpc) is 2.98. The molecule has 0 spiro atoms. The summed E-state index contributed by atoms with van der Waals surface area (Å²) in [6.07, 6.45) is 4.69. The number of hydrogen-bond donors (Lipinski definition) is 1. The second kappa shape index (κ2) is 6.87. The number of nitrogens with zero attached hydrogens (tertiary/aromatic N) is 2. The second-order valence-corrected chi connectivity index (χ2v) is 6.09. The van der Waals surface area contributed by atoms with Crippen LogP contribution in [-0.4, -0.2) is 22.9 Å². The molecule has 0 radical (unpaired) electrons. The van der Waals surface area contributed by atoms with Crippen molar-refractivity contribution < 1.29 is 0 Å². The molecule has 0 aromatic carbocycles. The van der Waals surface area contributed by atoms with Gasteiger partial charge in [-0.3, -0.25) is 4.68 Å². The van der Waals surface area contributed by atoms with Crippen molar-refractivity contribution in [3.05, 3.63) is 39.8 Å². The van der Waals surface area contributed by atoms with Gasteiger partial charge in [0, 0.05) is 30.1 Å². The molecule has 0 aliphatic heterocycles. The van der Waals surface area contributed by atoms with E-state index in [-0.39, 0.29) is 0 Å². The quantitative estimate of drug-likeness (QED) is 0.843. The van der Waals surface area contributed by atoms with Crippen molar-refractivity contribution in [3.63, 3.8) is 0 Å². The average molecular weight is 277 g/mol. The highest BCUT2D eigenvalue weighted by Gasteiger charge is 2.11. The Kier molecular flexibility index (Phi) is 5.16. The number of aromatic nitrogens is 2. The zero-order chi connectivity index (χ0) is 13.7. The predicted octanol–water partition coefficient (Wildman–Crippen LogP) is 2.94. The Labute approximate surface area is 119 Å². The number of nitrogens with one attached hydrogen (secondary N) is 1. The molecule has 0 fully saturated rings. The standard InChI is InChI=1S/C15H23N3S/c1-12-10-14(18(3)17-12)11-13(16-2)6-4-7-15-8-5-9-19-15/h5,8-10,13,16H,4,6-7,11H2,1-3H3. The number of aryl methyl sites for hydroxylation is 3. The molecule has 2 aromatic heterocycles. The van der Waals surface area contributed by atoms with E-state index in [2.05, 4.69) is 48.0 Å². The first-order valence-electron chi connectivity index (χ1n) is 6.88. The van der Waals surface area contributed by atoms with Gasteiger partial charge in [0.05, 0.1) is 5.69 Å². The van der Waals surface area contributed by atoms with E-state index in [9.17, 15) is 0 Å². The summed E-state index contributed by atoms with van der Waals surface area (Å²) in [5.74, 6) is 0. The largest absolute Gasteiger partial charge is 0.317 e. The zero-order valence-corrected chi connectivity index (χ0v) is 12.8. The van der Waals surface area contributed by atoms with Gasteiger partial charge in [0.15, 0.2) is 0 Å². The minimum atomic E-state index is 0.537. The third-order valence-corrected chi connectivity index (χ3v) is 4.45. The summed E-state index contributed by atoms with van der Waals surface area (Å²) in [6.45, 7) is 2.05. The molecule has 1 atom stereocenters. The van der Waals surface area contributed by atoms with Crippen molar-refractivity contribution in [2.24, 2.45) is 7.05 Å². The third kappa shape index (κ3) is 4.18. The van der Waals surface area contributed by atoms with Crippen molar-refractivity contribution in [2.45, 2.75) is 38.6 Å². The first-order chi connectivity index (χ1) is 9.19. The van der Waals surface area contributed by atoms with Crippen LogP contribution in [0.1, 0.15) is 29.1 Å². The van der Waals surface area contributed by atoms with Crippen LogP contribution >= 0.6 is 11.3 Å². The maximum absolute atomic E-state index is 4.41. The van der Waals surface area contributed by atoms with Crippen LogP contribution in [0.4, 0.5) is 0 Å². The monoisotopic (exact) mass is 277 g/mol. The van der Waals surface area contributed by atoms with Gasteiger partial charge < -0.3 is 5.32 Å². The van der Waals surface area contributed by atoms with Gasteiger partial charge in [-0.1, -0.05) is 6.07 Å². The molecule has 2 aromatic rings. The molecule has 1 unspecified atom stereocenters. The fourth-order valence-corrected chi connectivity index (χ4v) is 3.18. The molecule has 2 rings (SSSR count). The van der Waals surface area contributed by atoms with Gasteiger partial charge in [0.25, 0.3) is 0 Å². The highest BCUT2D eigenvalue weighted by atomic mass is 32.1. The normalized spacial score (nSPS) is 12.8. The van der Waals surface area contributed by atoms with Crippen molar-refractivity contribution in [3.8, 4) is 0 Å². The fourth-order valence-electron chi connectivity index (χ4n) is 2.43. The molecule has 1 N–H and O–H groups in total. The van der Waals surface area contributed by atoms with E-state index in [1.807, 2.05) is 23.1 Å². The highest BCUT2D eigenvalue weighted by molar-refractivity contribution is 7.09. The predicted molar refractivity (Wildman–Crippen MR) is 81.8 cm³/mol. The first-order valence-corrected chi connectivity index (χ1v) is 7.76. The summed E-state index contributed by atoms with van der Waals surface area (Å²) in [6, 6.07) is 7.08. The second-order valence-electron chi connectivity index (χ2n) is 5.06. The maximum Gasteiger partial charge on any atom is 0.0596 e. The molecule has 0 aliphatic carbocycles. The Morgan fingerprint density at radius 2 is 2.32 bits per heavy atom. The molecule has 4 heteroatoms. The number of rotatable bonds is 7. The topological polar surface area (TPSA) is 29.9 Å². The molecule has 104 valence electrons.